The van der Waals surface area contributed by atoms with Crippen LogP contribution in [0, 0.1) is 13.8 Å². The van der Waals surface area contributed by atoms with E-state index in [4.69, 9.17) is 21.7 Å². The lowest BCUT2D eigenvalue weighted by atomic mass is 9.94. The van der Waals surface area contributed by atoms with Crippen LogP contribution in [-0.4, -0.2) is 26.6 Å². The minimum Gasteiger partial charge on any atom is -0.328 e. The molecule has 3 aromatic carbocycles. The highest BCUT2D eigenvalue weighted by molar-refractivity contribution is 7.98. The Bertz CT molecular complexity index is 1610. The first kappa shape index (κ1) is 27.5. The fourth-order valence-corrected chi connectivity index (χ4v) is 5.53. The molecule has 5 rings (SSSR count). The number of halogens is 1. The highest BCUT2D eigenvalue weighted by Gasteiger charge is 2.34. The van der Waals surface area contributed by atoms with Crippen LogP contribution in [0.25, 0.3) is 0 Å². The van der Waals surface area contributed by atoms with Crippen molar-refractivity contribution in [2.45, 2.75) is 44.6 Å². The maximum absolute atomic E-state index is 13.8. The van der Waals surface area contributed by atoms with Gasteiger partial charge in [-0.05, 0) is 67.8 Å². The number of anilines is 3. The van der Waals surface area contributed by atoms with Gasteiger partial charge in [0.25, 0.3) is 5.91 Å². The molecule has 0 aliphatic carbocycles. The maximum Gasteiger partial charge on any atom is 0.255 e. The van der Waals surface area contributed by atoms with Gasteiger partial charge in [-0.1, -0.05) is 65.3 Å². The van der Waals surface area contributed by atoms with E-state index in [-0.39, 0.29) is 11.8 Å². The van der Waals surface area contributed by atoms with E-state index in [1.165, 1.54) is 18.7 Å². The zero-order chi connectivity index (χ0) is 28.4. The van der Waals surface area contributed by atoms with E-state index in [1.807, 2.05) is 87.5 Å². The van der Waals surface area contributed by atoms with Gasteiger partial charge in [0, 0.05) is 34.8 Å². The van der Waals surface area contributed by atoms with E-state index in [0.29, 0.717) is 38.8 Å². The van der Waals surface area contributed by atoms with Crippen molar-refractivity contribution in [1.82, 2.24) is 14.8 Å². The molecule has 3 N–H and O–H groups in total. The highest BCUT2D eigenvalue weighted by Crippen LogP contribution is 2.37. The van der Waals surface area contributed by atoms with Crippen molar-refractivity contribution in [3.05, 3.63) is 105 Å². The lowest BCUT2D eigenvalue weighted by Gasteiger charge is -2.29. The number of aromatic nitrogens is 3. The normalized spacial score (nSPS) is 14.4. The molecule has 40 heavy (non-hydrogen) atoms. The minimum atomic E-state index is -0.536. The second kappa shape index (κ2) is 11.6. The van der Waals surface area contributed by atoms with Crippen molar-refractivity contribution < 1.29 is 9.59 Å². The smallest absolute Gasteiger partial charge is 0.255 e. The van der Waals surface area contributed by atoms with E-state index in [1.54, 1.807) is 4.68 Å². The Labute approximate surface area is 242 Å². The molecule has 2 heterocycles. The molecule has 1 aliphatic rings. The summed E-state index contributed by atoms with van der Waals surface area (Å²) < 4.78 is 1.75. The van der Waals surface area contributed by atoms with Gasteiger partial charge in [-0.3, -0.25) is 9.59 Å². The topological polar surface area (TPSA) is 101 Å². The standard InChI is InChI=1S/C30H29ClN6O2S/c1-17-5-14-25(18(2)15-17)34-28(39)26-19(3)32-29-35-30(40-16-21-6-10-23(31)11-7-21)36-37(29)27(26)22-8-12-24(13-9-22)33-20(4)38/h5-15,27H,16H2,1-4H3,(H,33,38)(H,34,39)(H,32,35,36). The average Bonchev–Trinajstić information content (AvgIpc) is 3.31. The molecule has 10 heteroatoms. The lowest BCUT2D eigenvalue weighted by Crippen LogP contribution is -2.31. The molecule has 0 fully saturated rings. The molecule has 0 bridgehead atoms. The summed E-state index contributed by atoms with van der Waals surface area (Å²) in [6.45, 7) is 7.33. The number of allylic oxidation sites excluding steroid dienone is 1. The summed E-state index contributed by atoms with van der Waals surface area (Å²) >= 11 is 7.53. The Morgan fingerprint density at radius 2 is 1.73 bits per heavy atom. The molecule has 8 nitrogen and oxygen atoms in total. The van der Waals surface area contributed by atoms with Crippen LogP contribution in [-0.2, 0) is 15.3 Å². The van der Waals surface area contributed by atoms with Gasteiger partial charge in [-0.2, -0.15) is 4.98 Å². The Morgan fingerprint density at radius 1 is 1.00 bits per heavy atom. The summed E-state index contributed by atoms with van der Waals surface area (Å²) in [5, 5.41) is 15.3. The number of nitrogens with zero attached hydrogens (tertiary/aromatic N) is 3. The SMILES string of the molecule is CC(=O)Nc1ccc(C2C(C(=O)Nc3ccc(C)cc3C)=C(C)Nc3nc(SCc4ccc(Cl)cc4)nn32)cc1. The maximum atomic E-state index is 13.8. The van der Waals surface area contributed by atoms with Crippen molar-refractivity contribution >= 4 is 52.5 Å². The summed E-state index contributed by atoms with van der Waals surface area (Å²) in [6, 6.07) is 20.5. The molecule has 204 valence electrons. The van der Waals surface area contributed by atoms with Crippen LogP contribution in [0.5, 0.6) is 0 Å². The predicted molar refractivity (Wildman–Crippen MR) is 161 cm³/mol. The fourth-order valence-electron chi connectivity index (χ4n) is 4.62. The third-order valence-corrected chi connectivity index (χ3v) is 7.70. The number of hydrogen-bond acceptors (Lipinski definition) is 6. The summed E-state index contributed by atoms with van der Waals surface area (Å²) in [6.07, 6.45) is 0. The van der Waals surface area contributed by atoms with E-state index in [9.17, 15) is 9.59 Å². The van der Waals surface area contributed by atoms with Crippen molar-refractivity contribution in [1.29, 1.82) is 0 Å². The molecule has 1 unspecified atom stereocenters. The minimum absolute atomic E-state index is 0.153. The number of carbonyl (C=O) groups excluding carboxylic acids is 2. The summed E-state index contributed by atoms with van der Waals surface area (Å²) in [4.78, 5) is 30.1. The van der Waals surface area contributed by atoms with Crippen LogP contribution in [0.1, 0.15) is 42.1 Å². The van der Waals surface area contributed by atoms with Gasteiger partial charge in [0.2, 0.25) is 17.0 Å². The molecule has 1 atom stereocenters. The van der Waals surface area contributed by atoms with Crippen LogP contribution in [0.2, 0.25) is 5.02 Å². The Hall–Kier alpha value is -4.08. The van der Waals surface area contributed by atoms with Crippen molar-refractivity contribution in [2.24, 2.45) is 0 Å². The lowest BCUT2D eigenvalue weighted by molar-refractivity contribution is -0.114. The molecular formula is C30H29ClN6O2S. The summed E-state index contributed by atoms with van der Waals surface area (Å²) in [7, 11) is 0. The van der Waals surface area contributed by atoms with Gasteiger partial charge < -0.3 is 16.0 Å². The average molecular weight is 573 g/mol. The Balaban J connectivity index is 1.49. The molecule has 2 amide bonds. The first-order valence-corrected chi connectivity index (χ1v) is 14.1. The van der Waals surface area contributed by atoms with Crippen LogP contribution >= 0.6 is 23.4 Å². The van der Waals surface area contributed by atoms with Crippen molar-refractivity contribution in [3.8, 4) is 0 Å². The van der Waals surface area contributed by atoms with Gasteiger partial charge in [0.15, 0.2) is 0 Å². The Morgan fingerprint density at radius 3 is 2.40 bits per heavy atom. The second-order valence-electron chi connectivity index (χ2n) is 9.72. The van der Waals surface area contributed by atoms with E-state index >= 15 is 0 Å². The third-order valence-electron chi connectivity index (χ3n) is 6.54. The number of aryl methyl sites for hydroxylation is 2. The number of amides is 2. The third kappa shape index (κ3) is 6.05. The molecule has 1 aromatic heterocycles. The fraction of sp³-hybridized carbons (Fsp3) is 0.200. The number of hydrogen-bond donors (Lipinski definition) is 3. The van der Waals surface area contributed by atoms with Gasteiger partial charge in [0.05, 0.1) is 5.57 Å². The summed E-state index contributed by atoms with van der Waals surface area (Å²) in [5.74, 6) is 0.836. The van der Waals surface area contributed by atoms with E-state index in [0.717, 1.165) is 27.9 Å². The Kier molecular flexibility index (Phi) is 7.95. The number of thioether (sulfide) groups is 1. The predicted octanol–water partition coefficient (Wildman–Crippen LogP) is 6.73. The quantitative estimate of drug-likeness (QED) is 0.212. The van der Waals surface area contributed by atoms with Crippen LogP contribution in [0.4, 0.5) is 17.3 Å². The molecule has 0 saturated carbocycles. The number of carbonyl (C=O) groups is 2. The molecular weight excluding hydrogens is 544 g/mol. The number of rotatable bonds is 7. The summed E-state index contributed by atoms with van der Waals surface area (Å²) in [5.41, 5.74) is 6.67. The molecule has 0 spiro atoms. The van der Waals surface area contributed by atoms with Gasteiger partial charge in [0.1, 0.15) is 6.04 Å². The van der Waals surface area contributed by atoms with Crippen molar-refractivity contribution in [3.63, 3.8) is 0 Å². The molecule has 1 aliphatic heterocycles. The number of nitrogens with one attached hydrogen (secondary N) is 3. The van der Waals surface area contributed by atoms with Crippen LogP contribution in [0.3, 0.4) is 0 Å². The molecule has 4 aromatic rings. The monoisotopic (exact) mass is 572 g/mol. The first-order chi connectivity index (χ1) is 19.2. The number of fused-ring (bicyclic) bond motifs is 1. The highest BCUT2D eigenvalue weighted by atomic mass is 35.5. The number of benzene rings is 3. The van der Waals surface area contributed by atoms with Gasteiger partial charge in [-0.25, -0.2) is 4.68 Å². The van der Waals surface area contributed by atoms with Gasteiger partial charge in [-0.15, -0.1) is 5.10 Å². The van der Waals surface area contributed by atoms with Gasteiger partial charge >= 0.3 is 0 Å². The van der Waals surface area contributed by atoms with Crippen LogP contribution < -0.4 is 16.0 Å². The largest absolute Gasteiger partial charge is 0.328 e. The first-order valence-electron chi connectivity index (χ1n) is 12.8. The van der Waals surface area contributed by atoms with E-state index in [2.05, 4.69) is 16.0 Å². The zero-order valence-electron chi connectivity index (χ0n) is 22.6. The van der Waals surface area contributed by atoms with Crippen molar-refractivity contribution in [2.75, 3.05) is 16.0 Å². The molecule has 0 saturated heterocycles. The second-order valence-corrected chi connectivity index (χ2v) is 11.1. The van der Waals surface area contributed by atoms with Crippen LogP contribution in [0.15, 0.2) is 83.2 Å². The van der Waals surface area contributed by atoms with E-state index < -0.39 is 6.04 Å². The zero-order valence-corrected chi connectivity index (χ0v) is 24.2. The molecule has 0 radical (unpaired) electrons.